The number of amides is 2. The number of nitrogens with zero attached hydrogens (tertiary/aromatic N) is 1. The predicted molar refractivity (Wildman–Crippen MR) is 141 cm³/mol. The summed E-state index contributed by atoms with van der Waals surface area (Å²) in [6.45, 7) is 9.97. The smallest absolute Gasteiger partial charge is 0.444 e. The second-order valence-corrected chi connectivity index (χ2v) is 10.1. The van der Waals surface area contributed by atoms with Crippen molar-refractivity contribution < 1.29 is 32.2 Å². The number of carbonyl (C=O) groups is 2. The van der Waals surface area contributed by atoms with Gasteiger partial charge in [-0.25, -0.2) is 4.79 Å². The highest BCUT2D eigenvalue weighted by Crippen LogP contribution is 2.41. The maximum absolute atomic E-state index is 12.8. The van der Waals surface area contributed by atoms with Crippen molar-refractivity contribution in [3.8, 4) is 28.1 Å². The van der Waals surface area contributed by atoms with Gasteiger partial charge in [0, 0.05) is 29.6 Å². The number of rotatable bonds is 6. The average Bonchev–Trinajstić information content (AvgIpc) is 3.48. The largest absolute Gasteiger partial charge is 0.573 e. The van der Waals surface area contributed by atoms with Crippen molar-refractivity contribution in [1.82, 2.24) is 15.2 Å². The van der Waals surface area contributed by atoms with Gasteiger partial charge in [0.05, 0.1) is 11.7 Å². The molecule has 4 rings (SSSR count). The fourth-order valence-corrected chi connectivity index (χ4v) is 4.77. The molecule has 0 saturated heterocycles. The molecule has 0 fully saturated rings. The summed E-state index contributed by atoms with van der Waals surface area (Å²) in [6, 6.07) is 9.07. The Morgan fingerprint density at radius 2 is 1.89 bits per heavy atom. The van der Waals surface area contributed by atoms with E-state index in [9.17, 15) is 22.8 Å². The van der Waals surface area contributed by atoms with E-state index in [1.165, 1.54) is 29.5 Å². The molecule has 1 unspecified atom stereocenters. The normalized spacial score (nSPS) is 15.1. The van der Waals surface area contributed by atoms with E-state index >= 15 is 0 Å². The molecule has 0 aliphatic carbocycles. The Labute approximate surface area is 223 Å². The molecule has 7 nitrogen and oxygen atoms in total. The number of halogens is 3. The van der Waals surface area contributed by atoms with Crippen molar-refractivity contribution in [3.05, 3.63) is 52.9 Å². The van der Waals surface area contributed by atoms with E-state index in [1.807, 2.05) is 35.2 Å². The maximum atomic E-state index is 12.8. The first-order valence-corrected chi connectivity index (χ1v) is 13.2. The number of ether oxygens (including phenoxy) is 2. The Hall–Kier alpha value is -3.47. The molecule has 11 heteroatoms. The van der Waals surface area contributed by atoms with Crippen LogP contribution in [-0.4, -0.2) is 41.6 Å². The van der Waals surface area contributed by atoms with Gasteiger partial charge < -0.3 is 24.7 Å². The summed E-state index contributed by atoms with van der Waals surface area (Å²) in [5.74, 6) is -0.625. The minimum atomic E-state index is -4.82. The van der Waals surface area contributed by atoms with Crippen LogP contribution in [0, 0.1) is 0 Å². The molecular formula is C27H32F3N3O4S. The molecule has 3 heterocycles. The SMILES string of the molecule is CC.CC(C)(C)OC(=O)NCCC1CNC(=O)c2cc(-c3cccc(OC(F)(F)F)c3)c(-c3ccsc3)n21. The molecule has 1 aromatic carbocycles. The third-order valence-electron chi connectivity index (χ3n) is 5.45. The van der Waals surface area contributed by atoms with Crippen molar-refractivity contribution in [2.24, 2.45) is 0 Å². The van der Waals surface area contributed by atoms with Crippen molar-refractivity contribution in [1.29, 1.82) is 0 Å². The second-order valence-electron chi connectivity index (χ2n) is 9.33. The maximum Gasteiger partial charge on any atom is 0.573 e. The summed E-state index contributed by atoms with van der Waals surface area (Å²) in [4.78, 5) is 24.9. The van der Waals surface area contributed by atoms with Crippen LogP contribution in [0.2, 0.25) is 0 Å². The molecule has 2 N–H and O–H groups in total. The number of benzene rings is 1. The van der Waals surface area contributed by atoms with Gasteiger partial charge in [-0.3, -0.25) is 4.79 Å². The number of thiophene rings is 1. The zero-order valence-electron chi connectivity index (χ0n) is 21.9. The molecule has 38 heavy (non-hydrogen) atoms. The van der Waals surface area contributed by atoms with Gasteiger partial charge in [-0.2, -0.15) is 11.3 Å². The average molecular weight is 552 g/mol. The lowest BCUT2D eigenvalue weighted by Gasteiger charge is -2.29. The first-order chi connectivity index (χ1) is 17.9. The highest BCUT2D eigenvalue weighted by molar-refractivity contribution is 7.08. The topological polar surface area (TPSA) is 81.6 Å². The van der Waals surface area contributed by atoms with Gasteiger partial charge in [-0.15, -0.1) is 13.2 Å². The van der Waals surface area contributed by atoms with Crippen molar-refractivity contribution in [3.63, 3.8) is 0 Å². The van der Waals surface area contributed by atoms with Crippen molar-refractivity contribution >= 4 is 23.3 Å². The summed E-state index contributed by atoms with van der Waals surface area (Å²) in [5.41, 5.74) is 2.41. The molecule has 2 aromatic heterocycles. The monoisotopic (exact) mass is 551 g/mol. The Kier molecular flexibility index (Phi) is 9.14. The van der Waals surface area contributed by atoms with Gasteiger partial charge in [-0.05, 0) is 62.4 Å². The highest BCUT2D eigenvalue weighted by atomic mass is 32.1. The zero-order valence-corrected chi connectivity index (χ0v) is 22.8. The minimum absolute atomic E-state index is 0.203. The fraction of sp³-hybridized carbons (Fsp3) is 0.407. The summed E-state index contributed by atoms with van der Waals surface area (Å²) in [7, 11) is 0. The second kappa shape index (κ2) is 11.9. The van der Waals surface area contributed by atoms with Crippen LogP contribution < -0.4 is 15.4 Å². The molecule has 1 aliphatic rings. The third-order valence-corrected chi connectivity index (χ3v) is 6.13. The first kappa shape index (κ1) is 29.1. The van der Waals surface area contributed by atoms with Crippen LogP contribution in [0.25, 0.3) is 22.4 Å². The molecular weight excluding hydrogens is 519 g/mol. The molecule has 206 valence electrons. The number of aromatic nitrogens is 1. The zero-order chi connectivity index (χ0) is 28.1. The Morgan fingerprint density at radius 1 is 1.16 bits per heavy atom. The first-order valence-electron chi connectivity index (χ1n) is 12.3. The third kappa shape index (κ3) is 7.31. The van der Waals surface area contributed by atoms with Crippen LogP contribution in [0.4, 0.5) is 18.0 Å². The van der Waals surface area contributed by atoms with Crippen molar-refractivity contribution in [2.45, 2.75) is 59.0 Å². The lowest BCUT2D eigenvalue weighted by molar-refractivity contribution is -0.274. The Bertz CT molecular complexity index is 1250. The summed E-state index contributed by atoms with van der Waals surface area (Å²) in [5, 5.41) is 9.43. The van der Waals surface area contributed by atoms with Crippen LogP contribution in [0.3, 0.4) is 0 Å². The standard InChI is InChI=1S/C25H26F3N3O4S.C2H6/c1-24(2,3)35-23(33)29-9-7-17-13-30-22(32)20-12-19(21(31(17)20)16-8-10-36-14-16)15-5-4-6-18(11-15)34-25(26,27)28;1-2/h4-6,8,10-12,14,17H,7,9,13H2,1-3H3,(H,29,33)(H,30,32);1-2H3. The van der Waals surface area contributed by atoms with Crippen molar-refractivity contribution in [2.75, 3.05) is 13.1 Å². The lowest BCUT2D eigenvalue weighted by Crippen LogP contribution is -2.41. The number of nitrogens with one attached hydrogen (secondary N) is 2. The summed E-state index contributed by atoms with van der Waals surface area (Å²) >= 11 is 1.47. The van der Waals surface area contributed by atoms with Crippen LogP contribution in [0.5, 0.6) is 5.75 Å². The van der Waals surface area contributed by atoms with E-state index in [1.54, 1.807) is 32.9 Å². The number of hydrogen-bond acceptors (Lipinski definition) is 5. The van der Waals surface area contributed by atoms with Crippen LogP contribution in [0.15, 0.2) is 47.2 Å². The minimum Gasteiger partial charge on any atom is -0.444 e. The predicted octanol–water partition coefficient (Wildman–Crippen LogP) is 7.01. The Balaban J connectivity index is 0.00000195. The number of carbonyl (C=O) groups excluding carboxylic acids is 2. The number of fused-ring (bicyclic) bond motifs is 1. The van der Waals surface area contributed by atoms with Gasteiger partial charge in [0.15, 0.2) is 0 Å². The van der Waals surface area contributed by atoms with Gasteiger partial charge in [0.2, 0.25) is 0 Å². The van der Waals surface area contributed by atoms with Gasteiger partial charge in [0.1, 0.15) is 17.0 Å². The van der Waals surface area contributed by atoms with Gasteiger partial charge >= 0.3 is 12.5 Å². The molecule has 0 bridgehead atoms. The highest BCUT2D eigenvalue weighted by Gasteiger charge is 2.33. The van der Waals surface area contributed by atoms with E-state index in [0.717, 1.165) is 5.56 Å². The number of alkyl halides is 3. The fourth-order valence-electron chi connectivity index (χ4n) is 4.13. The molecule has 3 aromatic rings. The summed E-state index contributed by atoms with van der Waals surface area (Å²) in [6.07, 6.45) is -4.86. The summed E-state index contributed by atoms with van der Waals surface area (Å²) < 4.78 is 49.8. The molecule has 1 aliphatic heterocycles. The van der Waals surface area contributed by atoms with E-state index in [0.29, 0.717) is 42.0 Å². The van der Waals surface area contributed by atoms with Crippen LogP contribution in [-0.2, 0) is 4.74 Å². The van der Waals surface area contributed by atoms with E-state index in [2.05, 4.69) is 15.4 Å². The van der Waals surface area contributed by atoms with E-state index in [4.69, 9.17) is 4.74 Å². The molecule has 0 spiro atoms. The Morgan fingerprint density at radius 3 is 2.53 bits per heavy atom. The number of alkyl carbamates (subject to hydrolysis) is 1. The van der Waals surface area contributed by atoms with E-state index in [-0.39, 0.29) is 17.7 Å². The number of hydrogen-bond donors (Lipinski definition) is 2. The molecule has 0 saturated carbocycles. The van der Waals surface area contributed by atoms with Crippen LogP contribution >= 0.6 is 11.3 Å². The van der Waals surface area contributed by atoms with Gasteiger partial charge in [0.25, 0.3) is 5.91 Å². The molecule has 0 radical (unpaired) electrons. The quantitative estimate of drug-likeness (QED) is 0.345. The lowest BCUT2D eigenvalue weighted by atomic mass is 10.0. The van der Waals surface area contributed by atoms with E-state index < -0.39 is 18.1 Å². The van der Waals surface area contributed by atoms with Gasteiger partial charge in [-0.1, -0.05) is 26.0 Å². The van der Waals surface area contributed by atoms with Crippen LogP contribution in [0.1, 0.15) is 57.6 Å². The molecule has 2 amide bonds. The molecule has 1 atom stereocenters.